The van der Waals surface area contributed by atoms with E-state index in [0.29, 0.717) is 6.04 Å². The highest BCUT2D eigenvalue weighted by atomic mass is 15.3. The number of rotatable bonds is 1. The van der Waals surface area contributed by atoms with E-state index in [2.05, 4.69) is 59.9 Å². The van der Waals surface area contributed by atoms with Gasteiger partial charge in [0.05, 0.1) is 11.2 Å². The average Bonchev–Trinajstić information content (AvgIpc) is 3.37. The summed E-state index contributed by atoms with van der Waals surface area (Å²) in [7, 11) is 0. The zero-order chi connectivity index (χ0) is 18.9. The fourth-order valence-corrected chi connectivity index (χ4v) is 5.98. The third-order valence-corrected chi connectivity index (χ3v) is 7.39. The second-order valence-corrected chi connectivity index (χ2v) is 8.72. The molecule has 0 saturated heterocycles. The molecule has 2 aromatic heterocycles. The van der Waals surface area contributed by atoms with Crippen LogP contribution in [0.2, 0.25) is 0 Å². The highest BCUT2D eigenvalue weighted by Crippen LogP contribution is 2.55. The predicted molar refractivity (Wildman–Crippen MR) is 114 cm³/mol. The third-order valence-electron chi connectivity index (χ3n) is 7.39. The fourth-order valence-electron chi connectivity index (χ4n) is 5.98. The van der Waals surface area contributed by atoms with Crippen LogP contribution < -0.4 is 4.90 Å². The van der Waals surface area contributed by atoms with Crippen LogP contribution in [0.25, 0.3) is 17.2 Å². The number of aryl methyl sites for hydroxylation is 1. The van der Waals surface area contributed by atoms with Crippen LogP contribution in [-0.2, 0) is 11.8 Å². The molecule has 0 N–H and O–H groups in total. The third kappa shape index (κ3) is 1.96. The molecule has 2 aliphatic heterocycles. The van der Waals surface area contributed by atoms with E-state index in [1.165, 1.54) is 54.4 Å². The summed E-state index contributed by atoms with van der Waals surface area (Å²) in [6, 6.07) is 9.32. The van der Waals surface area contributed by atoms with Gasteiger partial charge >= 0.3 is 0 Å². The Bertz CT molecular complexity index is 1120. The zero-order valence-corrected chi connectivity index (χ0v) is 16.7. The van der Waals surface area contributed by atoms with Gasteiger partial charge in [0.15, 0.2) is 0 Å². The van der Waals surface area contributed by atoms with Crippen molar-refractivity contribution in [1.82, 2.24) is 14.5 Å². The minimum absolute atomic E-state index is 0.221. The SMILES string of the molecule is Cc1ccc2c(nc3n2C=CC3)c1N1c2ncccc2C2(CCCCC2)C1C. The number of pyridine rings is 1. The van der Waals surface area contributed by atoms with Crippen LogP contribution in [0.1, 0.15) is 56.0 Å². The van der Waals surface area contributed by atoms with Gasteiger partial charge in [0.1, 0.15) is 17.2 Å². The first-order valence-corrected chi connectivity index (χ1v) is 10.6. The summed E-state index contributed by atoms with van der Waals surface area (Å²) in [6.07, 6.45) is 13.7. The zero-order valence-electron chi connectivity index (χ0n) is 16.7. The lowest BCUT2D eigenvalue weighted by molar-refractivity contribution is 0.268. The van der Waals surface area contributed by atoms with Crippen LogP contribution in [0, 0.1) is 6.92 Å². The molecular weight excluding hydrogens is 344 g/mol. The van der Waals surface area contributed by atoms with Crippen molar-refractivity contribution in [3.05, 3.63) is 53.5 Å². The van der Waals surface area contributed by atoms with E-state index in [-0.39, 0.29) is 5.41 Å². The lowest BCUT2D eigenvalue weighted by Gasteiger charge is -2.40. The van der Waals surface area contributed by atoms with Crippen molar-refractivity contribution in [3.8, 4) is 0 Å². The van der Waals surface area contributed by atoms with Gasteiger partial charge in [-0.25, -0.2) is 9.97 Å². The van der Waals surface area contributed by atoms with Gasteiger partial charge in [-0.05, 0) is 44.4 Å². The largest absolute Gasteiger partial charge is 0.320 e. The van der Waals surface area contributed by atoms with Crippen molar-refractivity contribution in [2.24, 2.45) is 0 Å². The van der Waals surface area contributed by atoms with Crippen LogP contribution in [0.15, 0.2) is 36.5 Å². The number of imidazole rings is 1. The van der Waals surface area contributed by atoms with Crippen LogP contribution >= 0.6 is 0 Å². The predicted octanol–water partition coefficient (Wildman–Crippen LogP) is 5.51. The Hall–Kier alpha value is -2.62. The molecule has 142 valence electrons. The highest BCUT2D eigenvalue weighted by molar-refractivity contribution is 5.96. The number of fused-ring (bicyclic) bond motifs is 5. The van der Waals surface area contributed by atoms with Gasteiger partial charge in [0.25, 0.3) is 0 Å². The Morgan fingerprint density at radius 3 is 2.82 bits per heavy atom. The summed E-state index contributed by atoms with van der Waals surface area (Å²) in [6.45, 7) is 4.63. The molecule has 1 fully saturated rings. The van der Waals surface area contributed by atoms with Gasteiger partial charge in [-0.2, -0.15) is 0 Å². The number of benzene rings is 1. The molecule has 1 aliphatic carbocycles. The number of hydrogen-bond donors (Lipinski definition) is 0. The number of anilines is 2. The molecule has 1 saturated carbocycles. The van der Waals surface area contributed by atoms with E-state index in [4.69, 9.17) is 9.97 Å². The molecular formula is C24H26N4. The maximum absolute atomic E-state index is 5.07. The first-order chi connectivity index (χ1) is 13.7. The van der Waals surface area contributed by atoms with E-state index >= 15 is 0 Å². The van der Waals surface area contributed by atoms with E-state index in [1.54, 1.807) is 0 Å². The fraction of sp³-hybridized carbons (Fsp3) is 0.417. The van der Waals surface area contributed by atoms with Crippen LogP contribution in [-0.4, -0.2) is 20.6 Å². The lowest BCUT2D eigenvalue weighted by Crippen LogP contribution is -2.42. The molecule has 0 amide bonds. The molecule has 3 aromatic rings. The van der Waals surface area contributed by atoms with E-state index in [1.807, 2.05) is 6.20 Å². The molecule has 4 heteroatoms. The average molecular weight is 371 g/mol. The summed E-state index contributed by atoms with van der Waals surface area (Å²) in [5.74, 6) is 2.29. The second kappa shape index (κ2) is 5.69. The Morgan fingerprint density at radius 1 is 1.11 bits per heavy atom. The number of allylic oxidation sites excluding steroid dienone is 1. The molecule has 28 heavy (non-hydrogen) atoms. The summed E-state index contributed by atoms with van der Waals surface area (Å²) in [5.41, 5.74) is 6.53. The van der Waals surface area contributed by atoms with Crippen molar-refractivity contribution >= 4 is 28.7 Å². The molecule has 1 aromatic carbocycles. The van der Waals surface area contributed by atoms with Gasteiger partial charge in [0.2, 0.25) is 0 Å². The lowest BCUT2D eigenvalue weighted by atomic mass is 9.67. The summed E-state index contributed by atoms with van der Waals surface area (Å²) in [4.78, 5) is 12.5. The quantitative estimate of drug-likeness (QED) is 0.566. The van der Waals surface area contributed by atoms with Crippen molar-refractivity contribution in [3.63, 3.8) is 0 Å². The monoisotopic (exact) mass is 370 g/mol. The highest BCUT2D eigenvalue weighted by Gasteiger charge is 2.50. The molecule has 1 spiro atoms. The maximum atomic E-state index is 5.07. The maximum Gasteiger partial charge on any atom is 0.137 e. The molecule has 6 rings (SSSR count). The standard InChI is InChI=1S/C24H26N4/c1-16-10-11-19-21(26-20-9-7-15-27(19)20)22(16)28-17(2)24(12-4-3-5-13-24)18-8-6-14-25-23(18)28/h6-8,10-11,14-15,17H,3-5,9,12-13H2,1-2H3. The molecule has 4 nitrogen and oxygen atoms in total. The van der Waals surface area contributed by atoms with Gasteiger partial charge in [-0.3, -0.25) is 0 Å². The van der Waals surface area contributed by atoms with Crippen molar-refractivity contribution in [2.45, 2.75) is 63.8 Å². The van der Waals surface area contributed by atoms with Crippen LogP contribution in [0.3, 0.4) is 0 Å². The van der Waals surface area contributed by atoms with Gasteiger partial charge in [0, 0.05) is 35.8 Å². The van der Waals surface area contributed by atoms with E-state index in [0.717, 1.165) is 23.6 Å². The van der Waals surface area contributed by atoms with Crippen LogP contribution in [0.4, 0.5) is 11.5 Å². The Labute approximate surface area is 165 Å². The van der Waals surface area contributed by atoms with Gasteiger partial charge in [-0.1, -0.05) is 37.5 Å². The van der Waals surface area contributed by atoms with Gasteiger partial charge < -0.3 is 9.47 Å². The number of hydrogen-bond acceptors (Lipinski definition) is 3. The van der Waals surface area contributed by atoms with Gasteiger partial charge in [-0.15, -0.1) is 0 Å². The summed E-state index contributed by atoms with van der Waals surface area (Å²) in [5, 5.41) is 0. The first kappa shape index (κ1) is 16.3. The van der Waals surface area contributed by atoms with Crippen molar-refractivity contribution in [2.75, 3.05) is 4.90 Å². The molecule has 3 aliphatic rings. The molecule has 0 bridgehead atoms. The topological polar surface area (TPSA) is 34.0 Å². The Balaban J connectivity index is 1.61. The van der Waals surface area contributed by atoms with E-state index < -0.39 is 0 Å². The normalized spacial score (nSPS) is 22.2. The first-order valence-electron chi connectivity index (χ1n) is 10.6. The minimum atomic E-state index is 0.221. The van der Waals surface area contributed by atoms with Crippen molar-refractivity contribution < 1.29 is 0 Å². The Morgan fingerprint density at radius 2 is 1.96 bits per heavy atom. The smallest absolute Gasteiger partial charge is 0.137 e. The number of nitrogens with zero attached hydrogens (tertiary/aromatic N) is 4. The Kier molecular flexibility index (Phi) is 3.32. The molecule has 1 unspecified atom stereocenters. The molecule has 0 radical (unpaired) electrons. The summed E-state index contributed by atoms with van der Waals surface area (Å²) >= 11 is 0. The minimum Gasteiger partial charge on any atom is -0.320 e. The molecule has 1 atom stereocenters. The molecule has 4 heterocycles. The second-order valence-electron chi connectivity index (χ2n) is 8.72. The summed E-state index contributed by atoms with van der Waals surface area (Å²) < 4.78 is 2.24. The van der Waals surface area contributed by atoms with Crippen molar-refractivity contribution in [1.29, 1.82) is 0 Å². The van der Waals surface area contributed by atoms with Crippen LogP contribution in [0.5, 0.6) is 0 Å². The van der Waals surface area contributed by atoms with E-state index in [9.17, 15) is 0 Å². The number of aromatic nitrogens is 3.